The second-order valence-corrected chi connectivity index (χ2v) is 6.70. The van der Waals surface area contributed by atoms with Gasteiger partial charge in [-0.05, 0) is 48.2 Å². The lowest BCUT2D eigenvalue weighted by Gasteiger charge is -2.14. The fourth-order valence-electron chi connectivity index (χ4n) is 2.89. The van der Waals surface area contributed by atoms with Crippen LogP contribution >= 0.6 is 0 Å². The van der Waals surface area contributed by atoms with E-state index < -0.39 is 47.4 Å². The molecule has 0 radical (unpaired) electrons. The molecule has 0 amide bonds. The van der Waals surface area contributed by atoms with Crippen molar-refractivity contribution in [3.8, 4) is 0 Å². The number of rotatable bonds is 7. The van der Waals surface area contributed by atoms with Crippen LogP contribution in [0.15, 0.2) is 59.7 Å². The van der Waals surface area contributed by atoms with Crippen molar-refractivity contribution in [2.75, 3.05) is 0 Å². The molecule has 2 aromatic rings. The summed E-state index contributed by atoms with van der Waals surface area (Å²) < 4.78 is 76.4. The summed E-state index contributed by atoms with van der Waals surface area (Å²) in [4.78, 5) is 22.7. The monoisotopic (exact) mass is 446 g/mol. The minimum Gasteiger partial charge on any atom is -0.481 e. The fraction of sp³-hybridized carbons (Fsp3) is 0.238. The highest BCUT2D eigenvalue weighted by Crippen LogP contribution is 2.31. The molecule has 166 valence electrons. The van der Waals surface area contributed by atoms with E-state index >= 15 is 0 Å². The van der Waals surface area contributed by atoms with Crippen molar-refractivity contribution >= 4 is 11.9 Å². The average Bonchev–Trinajstić information content (AvgIpc) is 2.64. The molecule has 10 heteroatoms. The van der Waals surface area contributed by atoms with Crippen molar-refractivity contribution in [1.29, 1.82) is 0 Å². The zero-order valence-corrected chi connectivity index (χ0v) is 15.7. The number of carboxylic acids is 2. The number of halogens is 6. The summed E-state index contributed by atoms with van der Waals surface area (Å²) >= 11 is 0. The van der Waals surface area contributed by atoms with Gasteiger partial charge in [-0.3, -0.25) is 4.79 Å². The fourth-order valence-corrected chi connectivity index (χ4v) is 2.89. The summed E-state index contributed by atoms with van der Waals surface area (Å²) in [5.41, 5.74) is -1.65. The molecule has 31 heavy (non-hydrogen) atoms. The normalized spacial score (nSPS) is 11.8. The van der Waals surface area contributed by atoms with Crippen molar-refractivity contribution < 1.29 is 46.1 Å². The van der Waals surface area contributed by atoms with E-state index in [9.17, 15) is 41.0 Å². The molecule has 0 aliphatic heterocycles. The van der Waals surface area contributed by atoms with Crippen LogP contribution in [0.1, 0.15) is 28.7 Å². The zero-order chi connectivity index (χ0) is 23.4. The van der Waals surface area contributed by atoms with Crippen molar-refractivity contribution in [3.05, 3.63) is 81.9 Å². The minimum atomic E-state index is -4.56. The van der Waals surface area contributed by atoms with Crippen molar-refractivity contribution in [1.82, 2.24) is 0 Å². The van der Waals surface area contributed by atoms with Gasteiger partial charge in [0, 0.05) is 5.57 Å². The van der Waals surface area contributed by atoms with E-state index in [1.165, 1.54) is 0 Å². The third-order valence-electron chi connectivity index (χ3n) is 4.41. The molecule has 0 unspecified atom stereocenters. The Labute approximate surface area is 172 Å². The topological polar surface area (TPSA) is 74.6 Å². The van der Waals surface area contributed by atoms with Crippen LogP contribution in [0.3, 0.4) is 0 Å². The summed E-state index contributed by atoms with van der Waals surface area (Å²) in [5, 5.41) is 18.4. The smallest absolute Gasteiger partial charge is 0.416 e. The predicted octanol–water partition coefficient (Wildman–Crippen LogP) is 5.37. The second kappa shape index (κ2) is 9.23. The quantitative estimate of drug-likeness (QED) is 0.443. The number of allylic oxidation sites excluding steroid dienone is 1. The second-order valence-electron chi connectivity index (χ2n) is 6.70. The van der Waals surface area contributed by atoms with Crippen molar-refractivity contribution in [3.63, 3.8) is 0 Å². The molecule has 0 spiro atoms. The maximum absolute atomic E-state index is 12.7. The van der Waals surface area contributed by atoms with Crippen LogP contribution in [-0.2, 0) is 34.8 Å². The highest BCUT2D eigenvalue weighted by atomic mass is 19.4. The molecule has 0 saturated carbocycles. The number of aliphatic carboxylic acids is 2. The Morgan fingerprint density at radius 1 is 0.677 bits per heavy atom. The number of carboxylic acid groups (broad SMARTS) is 2. The zero-order valence-electron chi connectivity index (χ0n) is 15.7. The number of hydrogen-bond acceptors (Lipinski definition) is 2. The van der Waals surface area contributed by atoms with Gasteiger partial charge in [-0.25, -0.2) is 4.79 Å². The minimum absolute atomic E-state index is 0.0643. The third kappa shape index (κ3) is 6.87. The van der Waals surface area contributed by atoms with Crippen LogP contribution in [0.25, 0.3) is 0 Å². The average molecular weight is 446 g/mol. The molecular formula is C21H16F6O4. The first-order chi connectivity index (χ1) is 14.3. The van der Waals surface area contributed by atoms with Crippen LogP contribution < -0.4 is 0 Å². The molecule has 0 fully saturated rings. The van der Waals surface area contributed by atoms with Crippen LogP contribution in [0, 0.1) is 0 Å². The molecule has 2 N–H and O–H groups in total. The Hall–Kier alpha value is -3.30. The Balaban J connectivity index is 2.41. The summed E-state index contributed by atoms with van der Waals surface area (Å²) in [6, 6.07) is 7.77. The first kappa shape index (κ1) is 24.0. The Bertz CT molecular complexity index is 909. The van der Waals surface area contributed by atoms with Gasteiger partial charge in [0.05, 0.1) is 17.5 Å². The van der Waals surface area contributed by atoms with Gasteiger partial charge in [-0.1, -0.05) is 29.8 Å². The van der Waals surface area contributed by atoms with Gasteiger partial charge in [-0.2, -0.15) is 26.3 Å². The molecule has 0 aliphatic carbocycles. The van der Waals surface area contributed by atoms with E-state index in [-0.39, 0.29) is 18.4 Å². The summed E-state index contributed by atoms with van der Waals surface area (Å²) in [6.45, 7) is 0. The number of benzene rings is 2. The first-order valence-corrected chi connectivity index (χ1v) is 8.75. The molecule has 4 nitrogen and oxygen atoms in total. The molecule has 0 aromatic heterocycles. The predicted molar refractivity (Wildman–Crippen MR) is 97.2 cm³/mol. The van der Waals surface area contributed by atoms with Gasteiger partial charge >= 0.3 is 24.3 Å². The maximum atomic E-state index is 12.7. The van der Waals surface area contributed by atoms with Crippen molar-refractivity contribution in [2.24, 2.45) is 0 Å². The Kier molecular flexibility index (Phi) is 7.14. The molecule has 0 saturated heterocycles. The molecule has 0 atom stereocenters. The maximum Gasteiger partial charge on any atom is 0.416 e. The molecule has 2 aromatic carbocycles. The molecule has 2 rings (SSSR count). The van der Waals surface area contributed by atoms with Crippen LogP contribution in [0.5, 0.6) is 0 Å². The summed E-state index contributed by atoms with van der Waals surface area (Å²) in [7, 11) is 0. The van der Waals surface area contributed by atoms with E-state index in [1.54, 1.807) is 0 Å². The Morgan fingerprint density at radius 3 is 1.29 bits per heavy atom. The van der Waals surface area contributed by atoms with Gasteiger partial charge in [0.15, 0.2) is 0 Å². The van der Waals surface area contributed by atoms with Gasteiger partial charge < -0.3 is 10.2 Å². The van der Waals surface area contributed by atoms with Gasteiger partial charge in [0.25, 0.3) is 0 Å². The molecule has 0 bridgehead atoms. The molecule has 0 heterocycles. The van der Waals surface area contributed by atoms with Gasteiger partial charge in [0.2, 0.25) is 0 Å². The molecule has 0 aliphatic rings. The van der Waals surface area contributed by atoms with E-state index in [4.69, 9.17) is 5.11 Å². The lowest BCUT2D eigenvalue weighted by atomic mass is 9.92. The van der Waals surface area contributed by atoms with Crippen LogP contribution in [0.4, 0.5) is 26.3 Å². The highest BCUT2D eigenvalue weighted by Gasteiger charge is 2.31. The largest absolute Gasteiger partial charge is 0.481 e. The summed E-state index contributed by atoms with van der Waals surface area (Å²) in [6.07, 6.45) is -10.4. The first-order valence-electron chi connectivity index (χ1n) is 8.75. The number of hydrogen-bond donors (Lipinski definition) is 2. The lowest BCUT2D eigenvalue weighted by molar-refractivity contribution is -0.139. The van der Waals surface area contributed by atoms with E-state index in [0.29, 0.717) is 11.1 Å². The van der Waals surface area contributed by atoms with E-state index in [1.807, 2.05) is 0 Å². The van der Waals surface area contributed by atoms with Crippen molar-refractivity contribution in [2.45, 2.75) is 31.6 Å². The van der Waals surface area contributed by atoms with Gasteiger partial charge in [0.1, 0.15) is 0 Å². The standard InChI is InChI=1S/C21H16F6O4/c22-20(23,24)15-5-1-12(2-6-15)9-14(17(19(30)31)11-18(28)29)10-13-3-7-16(8-4-13)21(25,26)27/h1-8H,9-11H2,(H,28,29)(H,30,31). The van der Waals surface area contributed by atoms with E-state index in [2.05, 4.69) is 0 Å². The third-order valence-corrected chi connectivity index (χ3v) is 4.41. The highest BCUT2D eigenvalue weighted by molar-refractivity contribution is 5.93. The van der Waals surface area contributed by atoms with Crippen LogP contribution in [0.2, 0.25) is 0 Å². The Morgan fingerprint density at radius 2 is 1.03 bits per heavy atom. The number of alkyl halides is 6. The number of carbonyl (C=O) groups is 2. The SMILES string of the molecule is O=C(O)CC(C(=O)O)=C(Cc1ccc(C(F)(F)F)cc1)Cc1ccc(C(F)(F)F)cc1. The van der Waals surface area contributed by atoms with E-state index in [0.717, 1.165) is 48.5 Å². The lowest BCUT2D eigenvalue weighted by Crippen LogP contribution is -2.13. The summed E-state index contributed by atoms with van der Waals surface area (Å²) in [5.74, 6) is -2.97. The van der Waals surface area contributed by atoms with Crippen LogP contribution in [-0.4, -0.2) is 22.2 Å². The molecular weight excluding hydrogens is 430 g/mol. The van der Waals surface area contributed by atoms with Gasteiger partial charge in [-0.15, -0.1) is 0 Å².